The first-order valence-corrected chi connectivity index (χ1v) is 6.03. The number of benzene rings is 1. The molecule has 1 aliphatic heterocycles. The summed E-state index contributed by atoms with van der Waals surface area (Å²) in [6, 6.07) is 3.98. The van der Waals surface area contributed by atoms with Crippen LogP contribution in [0.5, 0.6) is 0 Å². The number of halogens is 3. The fraction of sp³-hybridized carbons (Fsp3) is 0.364. The molecule has 1 fully saturated rings. The van der Waals surface area contributed by atoms with Gasteiger partial charge in [0.2, 0.25) is 5.91 Å². The van der Waals surface area contributed by atoms with E-state index in [4.69, 9.17) is 4.74 Å². The van der Waals surface area contributed by atoms with E-state index < -0.39 is 0 Å². The third-order valence-electron chi connectivity index (χ3n) is 2.43. The van der Waals surface area contributed by atoms with Crippen molar-refractivity contribution in [3.8, 4) is 0 Å². The normalized spacial score (nSPS) is 18.9. The van der Waals surface area contributed by atoms with Crippen molar-refractivity contribution in [1.82, 2.24) is 5.32 Å². The van der Waals surface area contributed by atoms with Crippen LogP contribution in [0.25, 0.3) is 0 Å². The summed E-state index contributed by atoms with van der Waals surface area (Å²) in [4.78, 5) is 11.8. The lowest BCUT2D eigenvalue weighted by Gasteiger charge is -2.22. The first kappa shape index (κ1) is 15.4. The van der Waals surface area contributed by atoms with E-state index in [2.05, 4.69) is 26.6 Å². The number of morpholine rings is 1. The molecule has 0 aliphatic carbocycles. The van der Waals surface area contributed by atoms with E-state index in [1.54, 1.807) is 0 Å². The summed E-state index contributed by atoms with van der Waals surface area (Å²) < 4.78 is 18.5. The maximum atomic E-state index is 13.0. The Hall–Kier alpha value is -0.690. The number of rotatable bonds is 2. The quantitative estimate of drug-likeness (QED) is 0.866. The number of hydrogen-bond acceptors (Lipinski definition) is 3. The number of nitrogens with one attached hydrogen (secondary N) is 2. The van der Waals surface area contributed by atoms with Crippen LogP contribution in [-0.2, 0) is 9.53 Å². The number of hydrogen-bond donors (Lipinski definition) is 2. The predicted molar refractivity (Wildman–Crippen MR) is 72.6 cm³/mol. The molecular weight excluding hydrogens is 326 g/mol. The molecular formula is C11H13BrClFN2O2. The van der Waals surface area contributed by atoms with E-state index in [9.17, 15) is 9.18 Å². The van der Waals surface area contributed by atoms with E-state index >= 15 is 0 Å². The van der Waals surface area contributed by atoms with Crippen molar-refractivity contribution in [3.63, 3.8) is 0 Å². The molecule has 2 rings (SSSR count). The molecule has 1 aromatic rings. The van der Waals surface area contributed by atoms with Crippen molar-refractivity contribution in [2.45, 2.75) is 6.04 Å². The molecule has 1 atom stereocenters. The number of carbonyl (C=O) groups excluding carboxylic acids is 1. The molecule has 100 valence electrons. The number of anilines is 1. The molecule has 0 spiro atoms. The summed E-state index contributed by atoms with van der Waals surface area (Å²) >= 11 is 3.07. The summed E-state index contributed by atoms with van der Waals surface area (Å²) in [5.74, 6) is -0.537. The largest absolute Gasteiger partial charge is 0.378 e. The fourth-order valence-corrected chi connectivity index (χ4v) is 1.92. The Morgan fingerprint density at radius 1 is 1.56 bits per heavy atom. The maximum Gasteiger partial charge on any atom is 0.243 e. The maximum absolute atomic E-state index is 13.0. The van der Waals surface area contributed by atoms with Crippen LogP contribution in [0.4, 0.5) is 10.1 Å². The van der Waals surface area contributed by atoms with Gasteiger partial charge in [-0.2, -0.15) is 0 Å². The molecule has 0 bridgehead atoms. The Labute approximate surface area is 119 Å². The monoisotopic (exact) mass is 338 g/mol. The molecule has 0 saturated carbocycles. The fourth-order valence-electron chi connectivity index (χ4n) is 1.54. The van der Waals surface area contributed by atoms with Crippen LogP contribution in [-0.4, -0.2) is 31.7 Å². The topological polar surface area (TPSA) is 50.4 Å². The van der Waals surface area contributed by atoms with Crippen molar-refractivity contribution in [2.75, 3.05) is 25.1 Å². The average Bonchev–Trinajstić information content (AvgIpc) is 2.35. The lowest BCUT2D eigenvalue weighted by atomic mass is 10.2. The van der Waals surface area contributed by atoms with Gasteiger partial charge < -0.3 is 15.4 Å². The van der Waals surface area contributed by atoms with Crippen LogP contribution in [0.2, 0.25) is 0 Å². The molecule has 1 heterocycles. The highest BCUT2D eigenvalue weighted by atomic mass is 79.9. The van der Waals surface area contributed by atoms with Gasteiger partial charge in [0, 0.05) is 12.2 Å². The molecule has 2 N–H and O–H groups in total. The Balaban J connectivity index is 0.00000162. The molecule has 0 radical (unpaired) electrons. The van der Waals surface area contributed by atoms with Gasteiger partial charge in [-0.3, -0.25) is 4.79 Å². The van der Waals surface area contributed by atoms with Gasteiger partial charge in [0.05, 0.1) is 17.7 Å². The van der Waals surface area contributed by atoms with Gasteiger partial charge in [-0.25, -0.2) is 4.39 Å². The highest BCUT2D eigenvalue weighted by molar-refractivity contribution is 9.10. The number of carbonyl (C=O) groups is 1. The van der Waals surface area contributed by atoms with Gasteiger partial charge in [-0.15, -0.1) is 12.4 Å². The Morgan fingerprint density at radius 2 is 2.33 bits per heavy atom. The van der Waals surface area contributed by atoms with Crippen LogP contribution in [0.1, 0.15) is 0 Å². The summed E-state index contributed by atoms with van der Waals surface area (Å²) in [6.07, 6.45) is 0. The Bertz CT molecular complexity index is 428. The molecule has 18 heavy (non-hydrogen) atoms. The molecule has 0 aromatic heterocycles. The van der Waals surface area contributed by atoms with E-state index in [-0.39, 0.29) is 30.2 Å². The molecule has 1 unspecified atom stereocenters. The van der Waals surface area contributed by atoms with E-state index in [1.165, 1.54) is 18.2 Å². The van der Waals surface area contributed by atoms with Crippen LogP contribution >= 0.6 is 28.3 Å². The summed E-state index contributed by atoms with van der Waals surface area (Å²) in [5.41, 5.74) is 0.552. The van der Waals surface area contributed by atoms with Crippen molar-refractivity contribution in [2.24, 2.45) is 0 Å². The first-order valence-electron chi connectivity index (χ1n) is 5.24. The van der Waals surface area contributed by atoms with Crippen molar-refractivity contribution in [3.05, 3.63) is 28.5 Å². The van der Waals surface area contributed by atoms with Gasteiger partial charge >= 0.3 is 0 Å². The van der Waals surface area contributed by atoms with Crippen LogP contribution in [0, 0.1) is 5.82 Å². The molecule has 1 saturated heterocycles. The lowest BCUT2D eigenvalue weighted by molar-refractivity contribution is -0.120. The van der Waals surface area contributed by atoms with Crippen LogP contribution < -0.4 is 10.6 Å². The minimum atomic E-state index is -0.359. The number of ether oxygens (including phenoxy) is 1. The zero-order valence-corrected chi connectivity index (χ0v) is 11.8. The molecule has 4 nitrogen and oxygen atoms in total. The molecule has 1 aliphatic rings. The Kier molecular flexibility index (Phi) is 6.01. The summed E-state index contributed by atoms with van der Waals surface area (Å²) in [6.45, 7) is 1.63. The van der Waals surface area contributed by atoms with Gasteiger partial charge in [-0.1, -0.05) is 0 Å². The second-order valence-corrected chi connectivity index (χ2v) is 4.55. The van der Waals surface area contributed by atoms with Gasteiger partial charge in [-0.05, 0) is 34.1 Å². The SMILES string of the molecule is Cl.O=C(Nc1ccc(F)c(Br)c1)C1COCCN1. The molecule has 7 heteroatoms. The van der Waals surface area contributed by atoms with Gasteiger partial charge in [0.1, 0.15) is 11.9 Å². The highest BCUT2D eigenvalue weighted by Gasteiger charge is 2.21. The summed E-state index contributed by atoms with van der Waals surface area (Å²) in [5, 5.41) is 5.74. The third kappa shape index (κ3) is 3.91. The molecule has 1 amide bonds. The minimum absolute atomic E-state index is 0. The van der Waals surface area contributed by atoms with E-state index in [1.807, 2.05) is 0 Å². The Morgan fingerprint density at radius 3 is 2.94 bits per heavy atom. The van der Waals surface area contributed by atoms with E-state index in [0.717, 1.165) is 0 Å². The minimum Gasteiger partial charge on any atom is -0.378 e. The van der Waals surface area contributed by atoms with Crippen LogP contribution in [0.15, 0.2) is 22.7 Å². The predicted octanol–water partition coefficient (Wildman–Crippen LogP) is 1.94. The van der Waals surface area contributed by atoms with Crippen molar-refractivity contribution < 1.29 is 13.9 Å². The lowest BCUT2D eigenvalue weighted by Crippen LogP contribution is -2.48. The highest BCUT2D eigenvalue weighted by Crippen LogP contribution is 2.20. The van der Waals surface area contributed by atoms with Crippen LogP contribution in [0.3, 0.4) is 0 Å². The average molecular weight is 340 g/mol. The zero-order valence-electron chi connectivity index (χ0n) is 9.41. The zero-order chi connectivity index (χ0) is 12.3. The smallest absolute Gasteiger partial charge is 0.243 e. The van der Waals surface area contributed by atoms with E-state index in [0.29, 0.717) is 29.9 Å². The first-order chi connectivity index (χ1) is 8.16. The molecule has 1 aromatic carbocycles. The number of amides is 1. The van der Waals surface area contributed by atoms with Crippen molar-refractivity contribution >= 4 is 39.9 Å². The van der Waals surface area contributed by atoms with Gasteiger partial charge in [0.25, 0.3) is 0 Å². The third-order valence-corrected chi connectivity index (χ3v) is 3.03. The standard InChI is InChI=1S/C11H12BrFN2O2.ClH/c12-8-5-7(1-2-9(8)13)15-11(16)10-6-17-4-3-14-10;/h1-2,5,10,14H,3-4,6H2,(H,15,16);1H. The second kappa shape index (κ2) is 7.04. The van der Waals surface area contributed by atoms with Crippen molar-refractivity contribution in [1.29, 1.82) is 0 Å². The second-order valence-electron chi connectivity index (χ2n) is 3.70. The summed E-state index contributed by atoms with van der Waals surface area (Å²) in [7, 11) is 0. The van der Waals surface area contributed by atoms with Gasteiger partial charge in [0.15, 0.2) is 0 Å².